The van der Waals surface area contributed by atoms with Gasteiger partial charge in [-0.3, -0.25) is 14.4 Å². The van der Waals surface area contributed by atoms with E-state index >= 15 is 0 Å². The van der Waals surface area contributed by atoms with Crippen LogP contribution in [-0.2, 0) is 14.3 Å². The minimum Gasteiger partial charge on any atom is -0.493 e. The fourth-order valence-corrected chi connectivity index (χ4v) is 5.23. The molecule has 8 nitrogen and oxygen atoms in total. The van der Waals surface area contributed by atoms with E-state index in [-0.39, 0.29) is 42.1 Å². The monoisotopic (exact) mass is 510 g/mol. The van der Waals surface area contributed by atoms with Crippen LogP contribution in [0.1, 0.15) is 49.9 Å². The molecule has 1 aliphatic carbocycles. The van der Waals surface area contributed by atoms with Gasteiger partial charge in [0, 0.05) is 24.3 Å². The van der Waals surface area contributed by atoms with Crippen molar-refractivity contribution >= 4 is 17.6 Å². The van der Waals surface area contributed by atoms with E-state index in [0.29, 0.717) is 13.0 Å². The zero-order chi connectivity index (χ0) is 26.5. The highest BCUT2D eigenvalue weighted by Gasteiger charge is 2.71. The highest BCUT2D eigenvalue weighted by Crippen LogP contribution is 2.52. The second kappa shape index (κ2) is 9.10. The predicted molar refractivity (Wildman–Crippen MR) is 122 cm³/mol. The zero-order valence-electron chi connectivity index (χ0n) is 20.6. The molecule has 196 valence electrons. The molecule has 0 bridgehead atoms. The third-order valence-corrected chi connectivity index (χ3v) is 6.90. The largest absolute Gasteiger partial charge is 0.493 e. The minimum absolute atomic E-state index is 0.00156. The van der Waals surface area contributed by atoms with Crippen molar-refractivity contribution in [1.82, 2.24) is 10.2 Å². The summed E-state index contributed by atoms with van der Waals surface area (Å²) in [5.41, 5.74) is -5.04. The minimum atomic E-state index is -5.28. The van der Waals surface area contributed by atoms with E-state index in [2.05, 4.69) is 0 Å². The molecule has 1 saturated heterocycles. The molecule has 2 atom stereocenters. The number of Topliss-reactive ketones (excluding diaryl/α,β-unsaturated/α-hetero) is 1. The van der Waals surface area contributed by atoms with Crippen LogP contribution in [0, 0.1) is 5.41 Å². The van der Waals surface area contributed by atoms with E-state index in [4.69, 9.17) is 14.2 Å². The number of amides is 2. The highest BCUT2D eigenvalue weighted by atomic mass is 19.4. The van der Waals surface area contributed by atoms with Crippen LogP contribution < -0.4 is 14.8 Å². The van der Waals surface area contributed by atoms with Crippen LogP contribution in [0.4, 0.5) is 13.2 Å². The first-order valence-corrected chi connectivity index (χ1v) is 11.7. The molecule has 0 spiro atoms. The lowest BCUT2D eigenvalue weighted by atomic mass is 9.72. The Hall–Kier alpha value is -3.08. The topological polar surface area (TPSA) is 94.2 Å². The Kier molecular flexibility index (Phi) is 6.57. The lowest BCUT2D eigenvalue weighted by Crippen LogP contribution is -2.66. The number of hydrogen-bond donors (Lipinski definition) is 1. The molecule has 1 fully saturated rings. The third-order valence-electron chi connectivity index (χ3n) is 6.90. The number of ketones is 1. The van der Waals surface area contributed by atoms with Gasteiger partial charge in [0.1, 0.15) is 0 Å². The van der Waals surface area contributed by atoms with Gasteiger partial charge in [0.2, 0.25) is 5.54 Å². The number of carbonyl (C=O) groups excluding carboxylic acids is 3. The average molecular weight is 511 g/mol. The van der Waals surface area contributed by atoms with Crippen molar-refractivity contribution in [3.8, 4) is 11.5 Å². The van der Waals surface area contributed by atoms with Crippen molar-refractivity contribution in [2.24, 2.45) is 5.41 Å². The fourth-order valence-electron chi connectivity index (χ4n) is 5.23. The Bertz CT molecular complexity index is 1120. The molecular weight excluding hydrogens is 481 g/mol. The number of halogens is 3. The van der Waals surface area contributed by atoms with Crippen molar-refractivity contribution in [3.05, 3.63) is 35.0 Å². The van der Waals surface area contributed by atoms with Gasteiger partial charge in [-0.05, 0) is 42.9 Å². The first-order valence-electron chi connectivity index (χ1n) is 11.7. The van der Waals surface area contributed by atoms with Crippen LogP contribution in [-0.4, -0.2) is 67.7 Å². The summed E-state index contributed by atoms with van der Waals surface area (Å²) >= 11 is 0. The average Bonchev–Trinajstić information content (AvgIpc) is 3.39. The number of hydrogen-bond acceptors (Lipinski definition) is 6. The molecule has 1 aromatic rings. The number of nitrogens with zero attached hydrogens (tertiary/aromatic N) is 1. The molecule has 3 aliphatic rings. The van der Waals surface area contributed by atoms with Crippen molar-refractivity contribution in [3.63, 3.8) is 0 Å². The molecule has 36 heavy (non-hydrogen) atoms. The predicted octanol–water partition coefficient (Wildman–Crippen LogP) is 3.40. The fraction of sp³-hybridized carbons (Fsp3) is 0.560. The standard InChI is InChI=1S/C25H29F3N2O6/c1-23(2)11-16-20(17(31)12-23)24(25(26,27)28,22(33)30(16)13-15-6-5-9-36-15)29-21(32)14-7-8-18(34-3)19(10-14)35-4/h7-8,10,15H,5-6,9,11-13H2,1-4H3,(H,29,32). The SMILES string of the molecule is COc1ccc(C(=O)NC2(C(F)(F)F)C(=O)N(CC3CCCO3)C3=C2C(=O)CC(C)(C)C3)cc1OC. The van der Waals surface area contributed by atoms with Gasteiger partial charge in [-0.1, -0.05) is 13.8 Å². The summed E-state index contributed by atoms with van der Waals surface area (Å²) in [7, 11) is 2.69. The number of rotatable bonds is 6. The van der Waals surface area contributed by atoms with Gasteiger partial charge in [0.25, 0.3) is 11.8 Å². The van der Waals surface area contributed by atoms with E-state index in [1.807, 2.05) is 5.32 Å². The Labute approximate surface area is 206 Å². The zero-order valence-corrected chi connectivity index (χ0v) is 20.6. The highest BCUT2D eigenvalue weighted by molar-refractivity contribution is 6.14. The molecule has 0 radical (unpaired) electrons. The smallest absolute Gasteiger partial charge is 0.425 e. The molecule has 1 aromatic carbocycles. The molecule has 0 aromatic heterocycles. The van der Waals surface area contributed by atoms with Crippen LogP contribution in [0.5, 0.6) is 11.5 Å². The van der Waals surface area contributed by atoms with Crippen molar-refractivity contribution in [1.29, 1.82) is 0 Å². The number of carbonyl (C=O) groups is 3. The summed E-state index contributed by atoms with van der Waals surface area (Å²) in [5.74, 6) is -2.98. The van der Waals surface area contributed by atoms with E-state index < -0.39 is 46.4 Å². The number of ether oxygens (including phenoxy) is 3. The molecule has 2 heterocycles. The van der Waals surface area contributed by atoms with E-state index in [1.54, 1.807) is 13.8 Å². The molecular formula is C25H29F3N2O6. The number of allylic oxidation sites excluding steroid dienone is 1. The number of nitrogens with one attached hydrogen (secondary N) is 1. The van der Waals surface area contributed by atoms with Gasteiger partial charge in [0.15, 0.2) is 17.3 Å². The molecule has 11 heteroatoms. The summed E-state index contributed by atoms with van der Waals surface area (Å²) in [6.45, 7) is 3.85. The van der Waals surface area contributed by atoms with Gasteiger partial charge >= 0.3 is 6.18 Å². The summed E-state index contributed by atoms with van der Waals surface area (Å²) in [6, 6.07) is 3.83. The van der Waals surface area contributed by atoms with Gasteiger partial charge in [-0.2, -0.15) is 13.2 Å². The Morgan fingerprint density at radius 2 is 1.86 bits per heavy atom. The first kappa shape index (κ1) is 26.0. The van der Waals surface area contributed by atoms with Crippen molar-refractivity contribution in [2.45, 2.75) is 57.3 Å². The molecule has 2 amide bonds. The van der Waals surface area contributed by atoms with Crippen LogP contribution >= 0.6 is 0 Å². The molecule has 4 rings (SSSR count). The Balaban J connectivity index is 1.82. The number of benzene rings is 1. The van der Waals surface area contributed by atoms with Gasteiger partial charge in [-0.15, -0.1) is 0 Å². The molecule has 2 aliphatic heterocycles. The maximum absolute atomic E-state index is 14.9. The first-order chi connectivity index (χ1) is 16.8. The third kappa shape index (κ3) is 4.23. The summed E-state index contributed by atoms with van der Waals surface area (Å²) < 4.78 is 60.6. The Morgan fingerprint density at radius 3 is 2.44 bits per heavy atom. The maximum Gasteiger partial charge on any atom is 0.425 e. The van der Waals surface area contributed by atoms with Crippen LogP contribution in [0.15, 0.2) is 29.5 Å². The molecule has 2 unspecified atom stereocenters. The van der Waals surface area contributed by atoms with Gasteiger partial charge < -0.3 is 24.4 Å². The second-order valence-electron chi connectivity index (χ2n) is 10.1. The second-order valence-corrected chi connectivity index (χ2v) is 10.1. The van der Waals surface area contributed by atoms with Crippen LogP contribution in [0.25, 0.3) is 0 Å². The quantitative estimate of drug-likeness (QED) is 0.631. The van der Waals surface area contributed by atoms with E-state index in [1.165, 1.54) is 32.4 Å². The van der Waals surface area contributed by atoms with Crippen LogP contribution in [0.3, 0.4) is 0 Å². The van der Waals surface area contributed by atoms with Crippen LogP contribution in [0.2, 0.25) is 0 Å². The van der Waals surface area contributed by atoms with Crippen molar-refractivity contribution in [2.75, 3.05) is 27.4 Å². The molecule has 1 N–H and O–H groups in total. The van der Waals surface area contributed by atoms with Gasteiger partial charge in [0.05, 0.1) is 32.4 Å². The van der Waals surface area contributed by atoms with E-state index in [0.717, 1.165) is 11.3 Å². The lowest BCUT2D eigenvalue weighted by molar-refractivity contribution is -0.191. The Morgan fingerprint density at radius 1 is 1.17 bits per heavy atom. The van der Waals surface area contributed by atoms with E-state index in [9.17, 15) is 27.6 Å². The normalized spacial score (nSPS) is 25.8. The number of methoxy groups -OCH3 is 2. The maximum atomic E-state index is 14.9. The van der Waals surface area contributed by atoms with Crippen molar-refractivity contribution < 1.29 is 41.8 Å². The summed E-state index contributed by atoms with van der Waals surface area (Å²) in [6.07, 6.45) is -4.52. The lowest BCUT2D eigenvalue weighted by Gasteiger charge is -2.35. The summed E-state index contributed by atoms with van der Waals surface area (Å²) in [4.78, 5) is 41.1. The number of alkyl halides is 3. The summed E-state index contributed by atoms with van der Waals surface area (Å²) in [5, 5.41) is 1.93. The molecule has 0 saturated carbocycles. The van der Waals surface area contributed by atoms with Gasteiger partial charge in [-0.25, -0.2) is 0 Å².